The summed E-state index contributed by atoms with van der Waals surface area (Å²) in [6, 6.07) is 8.83. The van der Waals surface area contributed by atoms with E-state index in [0.717, 1.165) is 52.7 Å². The van der Waals surface area contributed by atoms with Gasteiger partial charge >= 0.3 is 6.09 Å². The summed E-state index contributed by atoms with van der Waals surface area (Å²) in [7, 11) is 8.89. The molecule has 0 radical (unpaired) electrons. The molecule has 1 atom stereocenters. The van der Waals surface area contributed by atoms with Gasteiger partial charge in [0, 0.05) is 56.4 Å². The molecule has 0 bridgehead atoms. The Bertz CT molecular complexity index is 2440. The number of fused-ring (bicyclic) bond motifs is 2. The first-order valence-corrected chi connectivity index (χ1v) is 20.4. The maximum Gasteiger partial charge on any atom is 0.414 e. The molecule has 6 amide bonds. The van der Waals surface area contributed by atoms with E-state index in [1.54, 1.807) is 33.7 Å². The van der Waals surface area contributed by atoms with Crippen molar-refractivity contribution in [2.75, 3.05) is 53.3 Å². The number of methoxy groups -OCH3 is 2. The molecule has 1 saturated heterocycles. The zero-order valence-electron chi connectivity index (χ0n) is 35.4. The molecule has 6 rings (SSSR count). The highest BCUT2D eigenvalue weighted by molar-refractivity contribution is 6.24. The van der Waals surface area contributed by atoms with Crippen LogP contribution in [0, 0.1) is 0 Å². The highest BCUT2D eigenvalue weighted by Crippen LogP contribution is 2.38. The van der Waals surface area contributed by atoms with Gasteiger partial charge in [0.1, 0.15) is 29.1 Å². The number of ether oxygens (including phenoxy) is 3. The van der Waals surface area contributed by atoms with E-state index in [-0.39, 0.29) is 41.8 Å². The number of unbranched alkanes of at least 4 members (excludes halogenated alkanes) is 5. The van der Waals surface area contributed by atoms with Crippen molar-refractivity contribution in [1.29, 1.82) is 0 Å². The lowest BCUT2D eigenvalue weighted by molar-refractivity contribution is -0.136. The minimum Gasteiger partial charge on any atom is -0.496 e. The number of hydrogen-bond donors (Lipinski definition) is 3. The van der Waals surface area contributed by atoms with E-state index in [0.29, 0.717) is 53.5 Å². The molecule has 4 aromatic rings. The van der Waals surface area contributed by atoms with Gasteiger partial charge in [0.15, 0.2) is 6.61 Å². The van der Waals surface area contributed by atoms with E-state index in [9.17, 15) is 38.7 Å². The number of anilines is 1. The van der Waals surface area contributed by atoms with E-state index < -0.39 is 48.3 Å². The smallest absolute Gasteiger partial charge is 0.414 e. The predicted octanol–water partition coefficient (Wildman–Crippen LogP) is 4.42. The highest BCUT2D eigenvalue weighted by Gasteiger charge is 2.46. The van der Waals surface area contributed by atoms with E-state index in [1.807, 2.05) is 37.2 Å². The Labute approximate surface area is 357 Å². The maximum atomic E-state index is 13.3. The van der Waals surface area contributed by atoms with Crippen LogP contribution in [0.15, 0.2) is 53.6 Å². The second-order valence-corrected chi connectivity index (χ2v) is 15.5. The molecule has 3 N–H and O–H groups in total. The van der Waals surface area contributed by atoms with Crippen LogP contribution in [0.3, 0.4) is 0 Å². The molecule has 18 heteroatoms. The van der Waals surface area contributed by atoms with E-state index >= 15 is 0 Å². The second-order valence-electron chi connectivity index (χ2n) is 15.5. The quantitative estimate of drug-likeness (QED) is 0.0879. The van der Waals surface area contributed by atoms with Gasteiger partial charge in [0.25, 0.3) is 23.3 Å². The third kappa shape index (κ3) is 9.70. The van der Waals surface area contributed by atoms with E-state index in [4.69, 9.17) is 14.2 Å². The van der Waals surface area contributed by atoms with E-state index in [1.165, 1.54) is 22.8 Å². The second kappa shape index (κ2) is 19.7. The number of amides is 6. The van der Waals surface area contributed by atoms with Crippen LogP contribution >= 0.6 is 0 Å². The van der Waals surface area contributed by atoms with Crippen molar-refractivity contribution in [2.45, 2.75) is 64.0 Å². The lowest BCUT2D eigenvalue weighted by atomic mass is 9.98. The minimum atomic E-state index is -1.44. The Kier molecular flexibility index (Phi) is 14.2. The van der Waals surface area contributed by atoms with Crippen molar-refractivity contribution < 1.29 is 48.1 Å². The minimum absolute atomic E-state index is 0.0200. The van der Waals surface area contributed by atoms with Crippen LogP contribution < -0.4 is 30.4 Å². The fraction of sp³-hybridized carbons (Fsp3) is 0.409. The average Bonchev–Trinajstić information content (AvgIpc) is 3.50. The van der Waals surface area contributed by atoms with Gasteiger partial charge in [-0.05, 0) is 69.3 Å². The van der Waals surface area contributed by atoms with Gasteiger partial charge in [0.2, 0.25) is 11.8 Å². The average molecular weight is 854 g/mol. The Balaban J connectivity index is 0.970. The summed E-state index contributed by atoms with van der Waals surface area (Å²) in [6.07, 6.45) is 6.44. The van der Waals surface area contributed by atoms with Crippen LogP contribution in [0.2, 0.25) is 0 Å². The number of imide groups is 3. The first kappa shape index (κ1) is 44.7. The Morgan fingerprint density at radius 2 is 1.60 bits per heavy atom. The standard InChI is InChI=1S/C44H51N7O11/c1-48(2)23-31-34(60-4)19-26(20-35(31)61-5)30-24-49(3)41(55)29-22-46-36(21-28(29)30)45-17-10-8-6-7-9-11-18-50(44(58)59)38(53)25-62-33-14-12-13-27-39(33)43(57)51(42(27)56)32-15-16-37(52)47-40(32)54/h12-14,19-22,24,32H,6-11,15-18,23,25H2,1-5H3,(H,45,46)(H,58,59)(H,47,52,54). The molecule has 1 fully saturated rings. The number of carbonyl (C=O) groups is 6. The van der Waals surface area contributed by atoms with Gasteiger partial charge in [-0.3, -0.25) is 39.0 Å². The van der Waals surface area contributed by atoms with Crippen LogP contribution in [0.4, 0.5) is 10.6 Å². The van der Waals surface area contributed by atoms with Crippen LogP contribution in [0.5, 0.6) is 17.2 Å². The van der Waals surface area contributed by atoms with Gasteiger partial charge < -0.3 is 34.1 Å². The number of nitrogens with zero attached hydrogens (tertiary/aromatic N) is 5. The lowest BCUT2D eigenvalue weighted by Gasteiger charge is -2.27. The molecule has 2 aliphatic rings. The molecule has 2 aliphatic heterocycles. The fourth-order valence-electron chi connectivity index (χ4n) is 7.77. The third-order valence-electron chi connectivity index (χ3n) is 10.9. The summed E-state index contributed by atoms with van der Waals surface area (Å²) in [6.45, 7) is 0.505. The summed E-state index contributed by atoms with van der Waals surface area (Å²) < 4.78 is 18.7. The number of carboxylic acid groups (broad SMARTS) is 1. The molecule has 0 aliphatic carbocycles. The number of benzene rings is 2. The molecular formula is C44H51N7O11. The normalized spacial score (nSPS) is 14.9. The van der Waals surface area contributed by atoms with Gasteiger partial charge in [-0.1, -0.05) is 31.7 Å². The van der Waals surface area contributed by atoms with Gasteiger partial charge in [-0.25, -0.2) is 14.7 Å². The van der Waals surface area contributed by atoms with E-state index in [2.05, 4.69) is 15.6 Å². The van der Waals surface area contributed by atoms with Crippen molar-refractivity contribution in [1.82, 2.24) is 29.6 Å². The molecule has 1 unspecified atom stereocenters. The summed E-state index contributed by atoms with van der Waals surface area (Å²) in [4.78, 5) is 96.5. The number of pyridine rings is 2. The summed E-state index contributed by atoms with van der Waals surface area (Å²) in [5.41, 5.74) is 2.24. The summed E-state index contributed by atoms with van der Waals surface area (Å²) in [5.74, 6) is -1.75. The molecule has 18 nitrogen and oxygen atoms in total. The molecular weight excluding hydrogens is 803 g/mol. The molecule has 62 heavy (non-hydrogen) atoms. The highest BCUT2D eigenvalue weighted by atomic mass is 16.5. The van der Waals surface area contributed by atoms with Crippen LogP contribution in [0.1, 0.15) is 77.6 Å². The molecule has 0 spiro atoms. The Morgan fingerprint density at radius 3 is 2.26 bits per heavy atom. The molecule has 2 aromatic carbocycles. The molecule has 0 saturated carbocycles. The number of carbonyl (C=O) groups excluding carboxylic acids is 5. The van der Waals surface area contributed by atoms with Crippen LogP contribution in [0.25, 0.3) is 21.9 Å². The third-order valence-corrected chi connectivity index (χ3v) is 10.9. The number of piperidine rings is 1. The van der Waals surface area contributed by atoms with Gasteiger partial charge in [0.05, 0.1) is 36.3 Å². The Morgan fingerprint density at radius 1 is 0.903 bits per heavy atom. The number of aryl methyl sites for hydroxylation is 1. The Hall–Kier alpha value is -6.82. The number of aromatic nitrogens is 2. The summed E-state index contributed by atoms with van der Waals surface area (Å²) >= 11 is 0. The fourth-order valence-corrected chi connectivity index (χ4v) is 7.77. The van der Waals surface area contributed by atoms with Crippen molar-refractivity contribution in [2.24, 2.45) is 7.05 Å². The van der Waals surface area contributed by atoms with Crippen molar-refractivity contribution in [3.05, 3.63) is 75.8 Å². The van der Waals surface area contributed by atoms with Crippen molar-refractivity contribution in [3.63, 3.8) is 0 Å². The summed E-state index contributed by atoms with van der Waals surface area (Å²) in [5, 5.41) is 16.5. The van der Waals surface area contributed by atoms with Crippen LogP contribution in [-0.2, 0) is 28.0 Å². The number of nitrogens with one attached hydrogen (secondary N) is 2. The molecule has 4 heterocycles. The van der Waals surface area contributed by atoms with Crippen molar-refractivity contribution in [3.8, 4) is 28.4 Å². The van der Waals surface area contributed by atoms with Gasteiger partial charge in [-0.2, -0.15) is 0 Å². The predicted molar refractivity (Wildman–Crippen MR) is 227 cm³/mol. The first-order valence-electron chi connectivity index (χ1n) is 20.4. The first-order chi connectivity index (χ1) is 29.7. The van der Waals surface area contributed by atoms with Crippen LogP contribution in [-0.4, -0.2) is 119 Å². The van der Waals surface area contributed by atoms with Gasteiger partial charge in [-0.15, -0.1) is 0 Å². The number of hydrogen-bond acceptors (Lipinski definition) is 13. The maximum absolute atomic E-state index is 13.3. The number of rotatable bonds is 19. The largest absolute Gasteiger partial charge is 0.496 e. The molecule has 328 valence electrons. The zero-order valence-corrected chi connectivity index (χ0v) is 35.4. The zero-order chi connectivity index (χ0) is 44.7. The lowest BCUT2D eigenvalue weighted by Crippen LogP contribution is -2.54. The van der Waals surface area contributed by atoms with Crippen molar-refractivity contribution >= 4 is 52.2 Å². The topological polar surface area (TPSA) is 219 Å². The molecule has 2 aromatic heterocycles. The monoisotopic (exact) mass is 853 g/mol. The SMILES string of the molecule is COc1cc(-c2cn(C)c(=O)c3cnc(NCCCCCCCCN(C(=O)O)C(=O)COc4cccc5c4C(=O)N(C4CCC(=O)NC4=O)C5=O)cc23)cc(OC)c1CN(C)C.